The average molecular weight is 419 g/mol. The Morgan fingerprint density at radius 2 is 2.00 bits per heavy atom. The lowest BCUT2D eigenvalue weighted by Gasteiger charge is -2.10. The predicted molar refractivity (Wildman–Crippen MR) is 98.3 cm³/mol. The van der Waals surface area contributed by atoms with Gasteiger partial charge in [-0.05, 0) is 58.0 Å². The molecule has 2 aromatic heterocycles. The Morgan fingerprint density at radius 1 is 1.31 bits per heavy atom. The van der Waals surface area contributed by atoms with Crippen LogP contribution in [0.3, 0.4) is 0 Å². The smallest absolute Gasteiger partial charge is 0.404 e. The van der Waals surface area contributed by atoms with E-state index in [-0.39, 0.29) is 28.5 Å². The van der Waals surface area contributed by atoms with E-state index < -0.39 is 4.92 Å². The van der Waals surface area contributed by atoms with Crippen molar-refractivity contribution in [3.8, 4) is 0 Å². The molecule has 0 fully saturated rings. The standard InChI is InChI=1S/C17H15BrN4O4/c1-10-4-3-5-11(2)15(10)19-17(23)14-7-6-12(26-14)8-21-9-13(18)16(20-21)22(24)25/h3-7,9H,8H2,1-2H3,(H,19,23). The lowest BCUT2D eigenvalue weighted by molar-refractivity contribution is -0.390. The van der Waals surface area contributed by atoms with Crippen LogP contribution >= 0.6 is 15.9 Å². The number of para-hydroxylation sites is 1. The number of rotatable bonds is 5. The molecular formula is C17H15BrN4O4. The number of hydrogen-bond donors (Lipinski definition) is 1. The minimum Gasteiger partial charge on any atom is -0.454 e. The zero-order valence-corrected chi connectivity index (χ0v) is 15.6. The third-order valence-electron chi connectivity index (χ3n) is 3.80. The summed E-state index contributed by atoms with van der Waals surface area (Å²) < 4.78 is 7.20. The van der Waals surface area contributed by atoms with Crippen LogP contribution in [0, 0.1) is 24.0 Å². The van der Waals surface area contributed by atoms with Gasteiger partial charge in [-0.15, -0.1) is 0 Å². The van der Waals surface area contributed by atoms with Crippen LogP contribution in [0.2, 0.25) is 0 Å². The van der Waals surface area contributed by atoms with Crippen molar-refractivity contribution < 1.29 is 14.1 Å². The van der Waals surface area contributed by atoms with Crippen LogP contribution < -0.4 is 5.32 Å². The number of aromatic nitrogens is 2. The second-order valence-electron chi connectivity index (χ2n) is 5.74. The number of nitrogens with one attached hydrogen (secondary N) is 1. The number of benzene rings is 1. The second-order valence-corrected chi connectivity index (χ2v) is 6.60. The Labute approximate surface area is 157 Å². The number of hydrogen-bond acceptors (Lipinski definition) is 5. The Kier molecular flexibility index (Phi) is 4.90. The van der Waals surface area contributed by atoms with E-state index in [9.17, 15) is 14.9 Å². The molecule has 0 aliphatic heterocycles. The second kappa shape index (κ2) is 7.12. The van der Waals surface area contributed by atoms with Crippen molar-refractivity contribution in [2.75, 3.05) is 5.32 Å². The van der Waals surface area contributed by atoms with Gasteiger partial charge in [0.25, 0.3) is 5.91 Å². The van der Waals surface area contributed by atoms with Crippen molar-refractivity contribution in [1.82, 2.24) is 9.78 Å². The number of furan rings is 1. The number of carbonyl (C=O) groups is 1. The van der Waals surface area contributed by atoms with Crippen LogP contribution in [0.15, 0.2) is 45.4 Å². The fourth-order valence-electron chi connectivity index (χ4n) is 2.52. The number of anilines is 1. The van der Waals surface area contributed by atoms with Crippen LogP contribution in [0.25, 0.3) is 0 Å². The monoisotopic (exact) mass is 418 g/mol. The van der Waals surface area contributed by atoms with Gasteiger partial charge in [-0.3, -0.25) is 4.79 Å². The van der Waals surface area contributed by atoms with Crippen LogP contribution in [-0.2, 0) is 6.54 Å². The molecule has 3 aromatic rings. The lowest BCUT2D eigenvalue weighted by atomic mass is 10.1. The molecular weight excluding hydrogens is 404 g/mol. The Hall–Kier alpha value is -2.94. The van der Waals surface area contributed by atoms with Crippen molar-refractivity contribution >= 4 is 33.3 Å². The highest BCUT2D eigenvalue weighted by molar-refractivity contribution is 9.10. The molecule has 9 heteroatoms. The molecule has 3 rings (SSSR count). The molecule has 2 heterocycles. The van der Waals surface area contributed by atoms with Gasteiger partial charge in [0.1, 0.15) is 16.8 Å². The summed E-state index contributed by atoms with van der Waals surface area (Å²) in [6, 6.07) is 8.95. The molecule has 0 unspecified atom stereocenters. The molecule has 1 aromatic carbocycles. The molecule has 0 bridgehead atoms. The van der Waals surface area contributed by atoms with E-state index in [1.807, 2.05) is 32.0 Å². The van der Waals surface area contributed by atoms with Gasteiger partial charge >= 0.3 is 5.82 Å². The van der Waals surface area contributed by atoms with E-state index in [2.05, 4.69) is 26.3 Å². The number of nitrogens with zero attached hydrogens (tertiary/aromatic N) is 3. The summed E-state index contributed by atoms with van der Waals surface area (Å²) in [6.45, 7) is 4.00. The average Bonchev–Trinajstić information content (AvgIpc) is 3.18. The van der Waals surface area contributed by atoms with Gasteiger partial charge < -0.3 is 19.8 Å². The quantitative estimate of drug-likeness (QED) is 0.496. The molecule has 0 atom stereocenters. The number of aryl methyl sites for hydroxylation is 2. The van der Waals surface area contributed by atoms with E-state index in [1.54, 1.807) is 12.1 Å². The molecule has 0 radical (unpaired) electrons. The SMILES string of the molecule is Cc1cccc(C)c1NC(=O)c1ccc(Cn2cc(Br)c([N+](=O)[O-])n2)o1. The summed E-state index contributed by atoms with van der Waals surface area (Å²) in [5.41, 5.74) is 2.67. The fraction of sp³-hybridized carbons (Fsp3) is 0.176. The molecule has 0 saturated carbocycles. The molecule has 0 aliphatic carbocycles. The largest absolute Gasteiger partial charge is 0.454 e. The van der Waals surface area contributed by atoms with Gasteiger partial charge in [0.2, 0.25) is 0 Å². The molecule has 134 valence electrons. The number of amides is 1. The van der Waals surface area contributed by atoms with E-state index in [4.69, 9.17) is 4.42 Å². The van der Waals surface area contributed by atoms with Gasteiger partial charge in [0.15, 0.2) is 5.76 Å². The maximum absolute atomic E-state index is 12.4. The van der Waals surface area contributed by atoms with E-state index >= 15 is 0 Å². The van der Waals surface area contributed by atoms with Crippen molar-refractivity contribution in [2.24, 2.45) is 0 Å². The third-order valence-corrected chi connectivity index (χ3v) is 4.35. The lowest BCUT2D eigenvalue weighted by Crippen LogP contribution is -2.13. The first-order chi connectivity index (χ1) is 12.3. The summed E-state index contributed by atoms with van der Waals surface area (Å²) in [7, 11) is 0. The third kappa shape index (κ3) is 3.67. The summed E-state index contributed by atoms with van der Waals surface area (Å²) >= 11 is 3.09. The highest BCUT2D eigenvalue weighted by Gasteiger charge is 2.20. The van der Waals surface area contributed by atoms with Gasteiger partial charge in [-0.25, -0.2) is 0 Å². The van der Waals surface area contributed by atoms with E-state index in [1.165, 1.54) is 10.9 Å². The minimum atomic E-state index is -0.577. The van der Waals surface area contributed by atoms with Crippen LogP contribution in [0.1, 0.15) is 27.4 Å². The molecule has 26 heavy (non-hydrogen) atoms. The van der Waals surface area contributed by atoms with Gasteiger partial charge in [-0.2, -0.15) is 4.68 Å². The first kappa shape index (κ1) is 17.9. The highest BCUT2D eigenvalue weighted by Crippen LogP contribution is 2.23. The number of halogens is 1. The first-order valence-corrected chi connectivity index (χ1v) is 8.48. The highest BCUT2D eigenvalue weighted by atomic mass is 79.9. The minimum absolute atomic E-state index is 0.156. The van der Waals surface area contributed by atoms with Gasteiger partial charge in [-0.1, -0.05) is 18.2 Å². The van der Waals surface area contributed by atoms with Crippen LogP contribution in [0.4, 0.5) is 11.5 Å². The fourth-order valence-corrected chi connectivity index (χ4v) is 2.98. The normalized spacial score (nSPS) is 10.7. The summed E-state index contributed by atoms with van der Waals surface area (Å²) in [6.07, 6.45) is 1.48. The van der Waals surface area contributed by atoms with Crippen molar-refractivity contribution in [3.63, 3.8) is 0 Å². The first-order valence-electron chi connectivity index (χ1n) is 7.69. The van der Waals surface area contributed by atoms with Crippen molar-refractivity contribution in [1.29, 1.82) is 0 Å². The molecule has 1 N–H and O–H groups in total. The Balaban J connectivity index is 1.74. The zero-order chi connectivity index (χ0) is 18.8. The topological polar surface area (TPSA) is 103 Å². The summed E-state index contributed by atoms with van der Waals surface area (Å²) in [5, 5.41) is 17.5. The van der Waals surface area contributed by atoms with Gasteiger partial charge in [0.05, 0.1) is 11.3 Å². The van der Waals surface area contributed by atoms with Crippen molar-refractivity contribution in [2.45, 2.75) is 20.4 Å². The summed E-state index contributed by atoms with van der Waals surface area (Å²) in [5.74, 6) is -0.0178. The summed E-state index contributed by atoms with van der Waals surface area (Å²) in [4.78, 5) is 22.7. The van der Waals surface area contributed by atoms with E-state index in [0.29, 0.717) is 5.76 Å². The van der Waals surface area contributed by atoms with Gasteiger partial charge in [0, 0.05) is 5.69 Å². The van der Waals surface area contributed by atoms with Crippen LogP contribution in [0.5, 0.6) is 0 Å². The van der Waals surface area contributed by atoms with Crippen LogP contribution in [-0.4, -0.2) is 20.6 Å². The molecule has 0 saturated heterocycles. The van der Waals surface area contributed by atoms with Crippen molar-refractivity contribution in [3.05, 3.63) is 73.8 Å². The zero-order valence-electron chi connectivity index (χ0n) is 14.0. The molecule has 0 spiro atoms. The van der Waals surface area contributed by atoms with E-state index in [0.717, 1.165) is 16.8 Å². The predicted octanol–water partition coefficient (Wildman–Crippen LogP) is 4.06. The Morgan fingerprint density at radius 3 is 2.62 bits per heavy atom. The molecule has 8 nitrogen and oxygen atoms in total. The Bertz CT molecular complexity index is 972. The molecule has 1 amide bonds. The molecule has 0 aliphatic rings. The number of carbonyl (C=O) groups excluding carboxylic acids is 1. The number of nitro groups is 1. The maximum atomic E-state index is 12.4. The maximum Gasteiger partial charge on any atom is 0.404 e.